The van der Waals surface area contributed by atoms with Crippen molar-refractivity contribution < 1.29 is 4.52 Å². The molecular formula is C16H25N3O. The third kappa shape index (κ3) is 2.09. The predicted octanol–water partition coefficient (Wildman–Crippen LogP) is 2.76. The molecule has 4 aliphatic rings. The van der Waals surface area contributed by atoms with Gasteiger partial charge >= 0.3 is 0 Å². The fourth-order valence-corrected chi connectivity index (χ4v) is 5.19. The van der Waals surface area contributed by atoms with Gasteiger partial charge in [0.05, 0.1) is 0 Å². The van der Waals surface area contributed by atoms with E-state index in [1.54, 1.807) is 0 Å². The van der Waals surface area contributed by atoms with Crippen LogP contribution in [0.2, 0.25) is 0 Å². The molecule has 4 aliphatic carbocycles. The molecule has 0 spiro atoms. The molecule has 4 bridgehead atoms. The van der Waals surface area contributed by atoms with Gasteiger partial charge in [-0.25, -0.2) is 0 Å². The van der Waals surface area contributed by atoms with Gasteiger partial charge < -0.3 is 9.84 Å². The molecule has 0 aliphatic heterocycles. The minimum atomic E-state index is 0.402. The molecule has 1 N–H and O–H groups in total. The average Bonchev–Trinajstić information content (AvgIpc) is 2.85. The first-order chi connectivity index (χ1) is 9.72. The van der Waals surface area contributed by atoms with Gasteiger partial charge in [0.1, 0.15) is 0 Å². The first-order valence-electron chi connectivity index (χ1n) is 8.22. The summed E-state index contributed by atoms with van der Waals surface area (Å²) >= 11 is 0. The standard InChI is InChI=1S/C16H25N3O/c1-9(17-2)3-14-18-16(20-19-14)15-12-5-10-4-11(7-12)8-13(15)6-10/h9-13,15,17H,3-8H2,1-2H3. The van der Waals surface area contributed by atoms with Gasteiger partial charge in [0.2, 0.25) is 5.89 Å². The normalized spacial score (nSPS) is 40.2. The van der Waals surface area contributed by atoms with Gasteiger partial charge in [-0.2, -0.15) is 4.98 Å². The van der Waals surface area contributed by atoms with Crippen LogP contribution in [0.4, 0.5) is 0 Å². The van der Waals surface area contributed by atoms with Crippen LogP contribution < -0.4 is 5.32 Å². The van der Waals surface area contributed by atoms with E-state index in [9.17, 15) is 0 Å². The van der Waals surface area contributed by atoms with Crippen LogP contribution in [0.5, 0.6) is 0 Å². The van der Waals surface area contributed by atoms with Crippen molar-refractivity contribution in [2.45, 2.75) is 57.4 Å². The highest BCUT2D eigenvalue weighted by atomic mass is 16.5. The summed E-state index contributed by atoms with van der Waals surface area (Å²) in [5.41, 5.74) is 0. The zero-order chi connectivity index (χ0) is 13.7. The van der Waals surface area contributed by atoms with Crippen LogP contribution in [-0.2, 0) is 6.42 Å². The lowest BCUT2D eigenvalue weighted by Gasteiger charge is -2.53. The Hall–Kier alpha value is -0.900. The largest absolute Gasteiger partial charge is 0.339 e. The van der Waals surface area contributed by atoms with E-state index in [4.69, 9.17) is 9.51 Å². The van der Waals surface area contributed by atoms with Crippen molar-refractivity contribution in [1.82, 2.24) is 15.5 Å². The van der Waals surface area contributed by atoms with Crippen LogP contribution in [0.1, 0.15) is 56.7 Å². The minimum Gasteiger partial charge on any atom is -0.339 e. The molecule has 20 heavy (non-hydrogen) atoms. The lowest BCUT2D eigenvalue weighted by Crippen LogP contribution is -2.43. The quantitative estimate of drug-likeness (QED) is 0.918. The number of hydrogen-bond donors (Lipinski definition) is 1. The van der Waals surface area contributed by atoms with Crippen molar-refractivity contribution in [2.75, 3.05) is 7.05 Å². The zero-order valence-electron chi connectivity index (χ0n) is 12.5. The van der Waals surface area contributed by atoms with Crippen molar-refractivity contribution in [1.29, 1.82) is 0 Å². The molecule has 1 unspecified atom stereocenters. The van der Waals surface area contributed by atoms with E-state index in [1.165, 1.54) is 32.1 Å². The molecule has 0 aromatic carbocycles. The average molecular weight is 275 g/mol. The van der Waals surface area contributed by atoms with Gasteiger partial charge in [-0.05, 0) is 69.7 Å². The van der Waals surface area contributed by atoms with Crippen molar-refractivity contribution >= 4 is 0 Å². The maximum absolute atomic E-state index is 5.65. The third-order valence-electron chi connectivity index (χ3n) is 5.98. The summed E-state index contributed by atoms with van der Waals surface area (Å²) in [6.45, 7) is 2.15. The maximum Gasteiger partial charge on any atom is 0.230 e. The summed E-state index contributed by atoms with van der Waals surface area (Å²) in [4.78, 5) is 4.73. The van der Waals surface area contributed by atoms with Crippen LogP contribution in [-0.4, -0.2) is 23.2 Å². The molecule has 4 nitrogen and oxygen atoms in total. The number of hydrogen-bond acceptors (Lipinski definition) is 4. The van der Waals surface area contributed by atoms with Gasteiger partial charge in [0.15, 0.2) is 5.82 Å². The number of nitrogens with one attached hydrogen (secondary N) is 1. The van der Waals surface area contributed by atoms with Gasteiger partial charge in [0.25, 0.3) is 0 Å². The molecule has 110 valence electrons. The summed E-state index contributed by atoms with van der Waals surface area (Å²) in [7, 11) is 1.98. The minimum absolute atomic E-state index is 0.402. The Balaban J connectivity index is 1.53. The van der Waals surface area contributed by atoms with Crippen LogP contribution in [0, 0.1) is 23.7 Å². The number of aromatic nitrogens is 2. The fraction of sp³-hybridized carbons (Fsp3) is 0.875. The Morgan fingerprint density at radius 2 is 1.80 bits per heavy atom. The van der Waals surface area contributed by atoms with E-state index < -0.39 is 0 Å². The summed E-state index contributed by atoms with van der Waals surface area (Å²) in [5.74, 6) is 6.02. The SMILES string of the molecule is CNC(C)Cc1noc(C2C3CC4CC(C3)CC2C4)n1. The molecule has 1 aromatic rings. The molecule has 0 radical (unpaired) electrons. The van der Waals surface area contributed by atoms with E-state index >= 15 is 0 Å². The molecule has 1 heterocycles. The van der Waals surface area contributed by atoms with E-state index in [0.29, 0.717) is 12.0 Å². The first-order valence-corrected chi connectivity index (χ1v) is 8.22. The molecule has 5 rings (SSSR count). The number of likely N-dealkylation sites (N-methyl/N-ethyl adjacent to an activating group) is 1. The predicted molar refractivity (Wildman–Crippen MR) is 76.3 cm³/mol. The Morgan fingerprint density at radius 3 is 2.40 bits per heavy atom. The molecule has 1 atom stereocenters. The highest BCUT2D eigenvalue weighted by Crippen LogP contribution is 2.59. The van der Waals surface area contributed by atoms with E-state index in [-0.39, 0.29) is 0 Å². The van der Waals surface area contributed by atoms with Crippen LogP contribution >= 0.6 is 0 Å². The number of nitrogens with zero attached hydrogens (tertiary/aromatic N) is 2. The number of rotatable bonds is 4. The van der Waals surface area contributed by atoms with Crippen LogP contribution in [0.15, 0.2) is 4.52 Å². The smallest absolute Gasteiger partial charge is 0.230 e. The Labute approximate surface area is 120 Å². The van der Waals surface area contributed by atoms with Crippen molar-refractivity contribution in [2.24, 2.45) is 23.7 Å². The van der Waals surface area contributed by atoms with Crippen molar-refractivity contribution in [3.63, 3.8) is 0 Å². The molecule has 4 fully saturated rings. The van der Waals surface area contributed by atoms with Gasteiger partial charge in [-0.1, -0.05) is 5.16 Å². The van der Waals surface area contributed by atoms with E-state index in [0.717, 1.165) is 41.8 Å². The van der Waals surface area contributed by atoms with Gasteiger partial charge in [-0.3, -0.25) is 0 Å². The summed E-state index contributed by atoms with van der Waals surface area (Å²) < 4.78 is 5.65. The van der Waals surface area contributed by atoms with Crippen molar-refractivity contribution in [3.05, 3.63) is 11.7 Å². The molecule has 0 saturated heterocycles. The summed E-state index contributed by atoms with van der Waals surface area (Å²) in [5, 5.41) is 7.44. The topological polar surface area (TPSA) is 51.0 Å². The van der Waals surface area contributed by atoms with Crippen LogP contribution in [0.3, 0.4) is 0 Å². The van der Waals surface area contributed by atoms with E-state index in [2.05, 4.69) is 17.4 Å². The summed E-state index contributed by atoms with van der Waals surface area (Å²) in [6.07, 6.45) is 7.97. The Morgan fingerprint density at radius 1 is 1.15 bits per heavy atom. The van der Waals surface area contributed by atoms with E-state index in [1.807, 2.05) is 7.05 Å². The van der Waals surface area contributed by atoms with Gasteiger partial charge in [-0.15, -0.1) is 0 Å². The second-order valence-electron chi connectivity index (χ2n) is 7.40. The fourth-order valence-electron chi connectivity index (χ4n) is 5.19. The second-order valence-corrected chi connectivity index (χ2v) is 7.40. The van der Waals surface area contributed by atoms with Crippen molar-refractivity contribution in [3.8, 4) is 0 Å². The first kappa shape index (κ1) is 12.8. The Bertz CT molecular complexity index is 456. The maximum atomic E-state index is 5.65. The highest BCUT2D eigenvalue weighted by Gasteiger charge is 2.50. The highest BCUT2D eigenvalue weighted by molar-refractivity contribution is 5.09. The van der Waals surface area contributed by atoms with Crippen LogP contribution in [0.25, 0.3) is 0 Å². The lowest BCUT2D eigenvalue weighted by atomic mass is 9.52. The molecular weight excluding hydrogens is 250 g/mol. The Kier molecular flexibility index (Phi) is 3.09. The molecule has 4 heteroatoms. The third-order valence-corrected chi connectivity index (χ3v) is 5.98. The molecule has 1 aromatic heterocycles. The monoisotopic (exact) mass is 275 g/mol. The molecule has 4 saturated carbocycles. The summed E-state index contributed by atoms with van der Waals surface area (Å²) in [6, 6.07) is 0.402. The molecule has 0 amide bonds. The van der Waals surface area contributed by atoms with Gasteiger partial charge in [0, 0.05) is 18.4 Å². The lowest BCUT2D eigenvalue weighted by molar-refractivity contribution is -0.0131. The second kappa shape index (κ2) is 4.83. The zero-order valence-corrected chi connectivity index (χ0v) is 12.5.